The van der Waals surface area contributed by atoms with E-state index < -0.39 is 12.2 Å². The van der Waals surface area contributed by atoms with Crippen molar-refractivity contribution in [1.29, 1.82) is 5.41 Å². The molecule has 2 aromatic rings. The summed E-state index contributed by atoms with van der Waals surface area (Å²) >= 11 is 0. The summed E-state index contributed by atoms with van der Waals surface area (Å²) in [5.74, 6) is 0. The molecule has 0 spiro atoms. The van der Waals surface area contributed by atoms with Gasteiger partial charge in [-0.2, -0.15) is 0 Å². The molecule has 5 nitrogen and oxygen atoms in total. The van der Waals surface area contributed by atoms with Crippen molar-refractivity contribution in [2.45, 2.75) is 32.2 Å². The molecule has 0 saturated carbocycles. The lowest BCUT2D eigenvalue weighted by atomic mass is 10.1. The number of rotatable bonds is 11. The van der Waals surface area contributed by atoms with E-state index in [2.05, 4.69) is 12.1 Å². The molecule has 5 heteroatoms. The fraction of sp³-hybridized carbons (Fsp3) is 0.318. The average molecular weight is 369 g/mol. The molecule has 0 aliphatic heterocycles. The molecule has 0 aliphatic carbocycles. The van der Waals surface area contributed by atoms with Crippen molar-refractivity contribution in [3.8, 4) is 0 Å². The standard InChI is InChI=1S/C22H29N3O2/c1-18(26)15-25(16-20-10-6-3-7-11-20)17-22(27)21(12-23)14-24-13-19-8-4-2-5-9-19/h2-12,14,18,22-24,26-27H,13,15-17H2,1H3/p+1/b21-14+,23-12?. The van der Waals surface area contributed by atoms with Gasteiger partial charge in [0.2, 0.25) is 0 Å². The second kappa shape index (κ2) is 11.4. The van der Waals surface area contributed by atoms with Crippen molar-refractivity contribution >= 4 is 6.21 Å². The van der Waals surface area contributed by atoms with Gasteiger partial charge in [-0.25, -0.2) is 0 Å². The Bertz CT molecular complexity index is 702. The van der Waals surface area contributed by atoms with Crippen LogP contribution in [0.15, 0.2) is 72.4 Å². The van der Waals surface area contributed by atoms with Gasteiger partial charge in [-0.1, -0.05) is 60.7 Å². The molecular formula is C22H30N3O2+. The normalized spacial score (nSPS) is 14.1. The zero-order chi connectivity index (χ0) is 19.5. The summed E-state index contributed by atoms with van der Waals surface area (Å²) in [5, 5.41) is 30.0. The van der Waals surface area contributed by atoms with Crippen LogP contribution in [0.1, 0.15) is 18.1 Å². The minimum Gasteiger partial charge on any atom is -0.392 e. The number of aliphatic hydroxyl groups is 2. The molecule has 2 rings (SSSR count). The minimum atomic E-state index is -0.781. The third kappa shape index (κ3) is 7.85. The van der Waals surface area contributed by atoms with E-state index in [0.717, 1.165) is 12.1 Å². The number of hydrogen-bond acceptors (Lipinski definition) is 4. The summed E-state index contributed by atoms with van der Waals surface area (Å²) in [6.45, 7) is 3.96. The maximum absolute atomic E-state index is 10.6. The van der Waals surface area contributed by atoms with Crippen LogP contribution in [-0.2, 0) is 13.1 Å². The zero-order valence-corrected chi connectivity index (χ0v) is 15.8. The highest BCUT2D eigenvalue weighted by Crippen LogP contribution is 2.09. The summed E-state index contributed by atoms with van der Waals surface area (Å²) in [7, 11) is 0. The Kier molecular flexibility index (Phi) is 8.87. The van der Waals surface area contributed by atoms with Crippen molar-refractivity contribution in [3.63, 3.8) is 0 Å². The molecule has 144 valence electrons. The maximum Gasteiger partial charge on any atom is 0.105 e. The SMILES string of the molecule is CC(O)CN(Cc1ccccc1)CC(O)/C(C=N)=C/[NH2+]Cc1ccccc1. The predicted octanol–water partition coefficient (Wildman–Crippen LogP) is 1.53. The van der Waals surface area contributed by atoms with Gasteiger partial charge < -0.3 is 20.9 Å². The van der Waals surface area contributed by atoms with Crippen molar-refractivity contribution in [1.82, 2.24) is 4.90 Å². The fourth-order valence-corrected chi connectivity index (χ4v) is 2.97. The van der Waals surface area contributed by atoms with E-state index in [4.69, 9.17) is 5.41 Å². The van der Waals surface area contributed by atoms with Gasteiger partial charge in [0.05, 0.1) is 17.8 Å². The Morgan fingerprint density at radius 3 is 2.15 bits per heavy atom. The van der Waals surface area contributed by atoms with Crippen LogP contribution in [0.5, 0.6) is 0 Å². The molecule has 2 atom stereocenters. The summed E-state index contributed by atoms with van der Waals surface area (Å²) in [6, 6.07) is 20.1. The molecule has 27 heavy (non-hydrogen) atoms. The van der Waals surface area contributed by atoms with E-state index in [0.29, 0.717) is 25.2 Å². The van der Waals surface area contributed by atoms with Gasteiger partial charge in [0, 0.05) is 31.4 Å². The predicted molar refractivity (Wildman–Crippen MR) is 108 cm³/mol. The number of benzene rings is 2. The molecule has 2 unspecified atom stereocenters. The second-order valence-electron chi connectivity index (χ2n) is 6.78. The first-order valence-electron chi connectivity index (χ1n) is 9.28. The van der Waals surface area contributed by atoms with E-state index >= 15 is 0 Å². The lowest BCUT2D eigenvalue weighted by Gasteiger charge is -2.26. The monoisotopic (exact) mass is 368 g/mol. The van der Waals surface area contributed by atoms with Crippen LogP contribution < -0.4 is 5.32 Å². The quantitative estimate of drug-likeness (QED) is 0.454. The Morgan fingerprint density at radius 2 is 1.59 bits per heavy atom. The van der Waals surface area contributed by atoms with Crippen molar-refractivity contribution in [2.24, 2.45) is 0 Å². The number of aliphatic hydroxyl groups excluding tert-OH is 2. The molecule has 0 aromatic heterocycles. The molecule has 0 amide bonds. The zero-order valence-electron chi connectivity index (χ0n) is 15.8. The van der Waals surface area contributed by atoms with Gasteiger partial charge in [0.1, 0.15) is 12.7 Å². The molecule has 0 saturated heterocycles. The van der Waals surface area contributed by atoms with Crippen LogP contribution in [0, 0.1) is 5.41 Å². The number of hydrogen-bond donors (Lipinski definition) is 4. The second-order valence-corrected chi connectivity index (χ2v) is 6.78. The molecule has 5 N–H and O–H groups in total. The highest BCUT2D eigenvalue weighted by molar-refractivity contribution is 5.76. The fourth-order valence-electron chi connectivity index (χ4n) is 2.97. The van der Waals surface area contributed by atoms with Gasteiger partial charge in [-0.15, -0.1) is 0 Å². The highest BCUT2D eigenvalue weighted by atomic mass is 16.3. The van der Waals surface area contributed by atoms with Gasteiger partial charge in [0.25, 0.3) is 0 Å². The molecule has 0 heterocycles. The minimum absolute atomic E-state index is 0.361. The molecule has 0 radical (unpaired) electrons. The topological polar surface area (TPSA) is 84.2 Å². The van der Waals surface area contributed by atoms with Crippen LogP contribution in [-0.4, -0.2) is 46.6 Å². The number of nitrogens with zero attached hydrogens (tertiary/aromatic N) is 1. The third-order valence-electron chi connectivity index (χ3n) is 4.26. The average Bonchev–Trinajstić information content (AvgIpc) is 2.66. The summed E-state index contributed by atoms with van der Waals surface area (Å²) in [5.41, 5.74) is 2.88. The van der Waals surface area contributed by atoms with Gasteiger partial charge in [0.15, 0.2) is 0 Å². The lowest BCUT2D eigenvalue weighted by Crippen LogP contribution is -2.76. The Balaban J connectivity index is 1.96. The van der Waals surface area contributed by atoms with Crippen molar-refractivity contribution < 1.29 is 15.5 Å². The third-order valence-corrected chi connectivity index (χ3v) is 4.26. The molecule has 0 fully saturated rings. The van der Waals surface area contributed by atoms with Crippen LogP contribution in [0.3, 0.4) is 0 Å². The van der Waals surface area contributed by atoms with Crippen LogP contribution in [0.25, 0.3) is 0 Å². The maximum atomic E-state index is 10.6. The van der Waals surface area contributed by atoms with Crippen molar-refractivity contribution in [3.05, 3.63) is 83.6 Å². The number of quaternary nitrogens is 1. The van der Waals surface area contributed by atoms with E-state index in [1.54, 1.807) is 6.92 Å². The smallest absolute Gasteiger partial charge is 0.105 e. The van der Waals surface area contributed by atoms with E-state index in [1.807, 2.05) is 64.9 Å². The van der Waals surface area contributed by atoms with E-state index in [1.165, 1.54) is 11.8 Å². The Labute approximate surface area is 161 Å². The van der Waals surface area contributed by atoms with Crippen molar-refractivity contribution in [2.75, 3.05) is 13.1 Å². The molecular weight excluding hydrogens is 338 g/mol. The van der Waals surface area contributed by atoms with Crippen LogP contribution in [0.4, 0.5) is 0 Å². The first kappa shape index (κ1) is 21.0. The van der Waals surface area contributed by atoms with E-state index in [9.17, 15) is 10.2 Å². The van der Waals surface area contributed by atoms with Gasteiger partial charge in [-0.3, -0.25) is 4.90 Å². The summed E-state index contributed by atoms with van der Waals surface area (Å²) in [6.07, 6.45) is 1.75. The van der Waals surface area contributed by atoms with Crippen LogP contribution in [0.2, 0.25) is 0 Å². The lowest BCUT2D eigenvalue weighted by molar-refractivity contribution is -0.605. The largest absolute Gasteiger partial charge is 0.392 e. The molecule has 0 aliphatic rings. The number of nitrogens with two attached hydrogens (primary N) is 1. The number of nitrogens with one attached hydrogen (secondary N) is 1. The molecule has 0 bridgehead atoms. The van der Waals surface area contributed by atoms with Gasteiger partial charge >= 0.3 is 0 Å². The Morgan fingerprint density at radius 1 is 1.00 bits per heavy atom. The van der Waals surface area contributed by atoms with E-state index in [-0.39, 0.29) is 0 Å². The first-order chi connectivity index (χ1) is 13.1. The first-order valence-corrected chi connectivity index (χ1v) is 9.28. The summed E-state index contributed by atoms with van der Waals surface area (Å²) < 4.78 is 0. The Hall–Kier alpha value is -2.31. The molecule has 2 aromatic carbocycles. The summed E-state index contributed by atoms with van der Waals surface area (Å²) in [4.78, 5) is 2.01. The van der Waals surface area contributed by atoms with Gasteiger partial charge in [-0.05, 0) is 12.5 Å². The highest BCUT2D eigenvalue weighted by Gasteiger charge is 2.17. The van der Waals surface area contributed by atoms with Crippen LogP contribution >= 0.6 is 0 Å².